The van der Waals surface area contributed by atoms with E-state index in [2.05, 4.69) is 70.6 Å². The Bertz CT molecular complexity index is 55.0. The van der Waals surface area contributed by atoms with Gasteiger partial charge in [0.15, 0.2) is 0 Å². The van der Waals surface area contributed by atoms with Crippen LogP contribution >= 0.6 is 70.6 Å². The first-order valence-electron chi connectivity index (χ1n) is 3.46. The maximum atomic E-state index is 2.06. The van der Waals surface area contributed by atoms with Gasteiger partial charge < -0.3 is 0 Å². The number of hydrogen-bond donors (Lipinski definition) is 0. The quantitative estimate of drug-likeness (QED) is 0.647. The topological polar surface area (TPSA) is 0 Å². The third-order valence-corrected chi connectivity index (χ3v) is 9.00. The average Bonchev–Trinajstić information content (AvgIpc) is 2.05. The fourth-order valence-electron chi connectivity index (χ4n) is 0.558. The third-order valence-electron chi connectivity index (χ3n) is 1.00. The van der Waals surface area contributed by atoms with Gasteiger partial charge in [-0.1, -0.05) is 0 Å². The van der Waals surface area contributed by atoms with Crippen LogP contribution in [-0.4, -0.2) is 30.5 Å². The maximum absolute atomic E-state index is 2.06. The van der Waals surface area contributed by atoms with Crippen LogP contribution in [0.3, 0.4) is 0 Å². The molecule has 0 amide bonds. The van der Waals surface area contributed by atoms with Gasteiger partial charge in [0.05, 0.1) is 0 Å². The van der Waals surface area contributed by atoms with Crippen molar-refractivity contribution in [2.24, 2.45) is 0 Å². The van der Waals surface area contributed by atoms with E-state index < -0.39 is 0 Å². The molecule has 1 heterocycles. The maximum Gasteiger partial charge on any atom is 0.0408 e. The molecule has 1 aliphatic rings. The van der Waals surface area contributed by atoms with Crippen LogP contribution in [0.15, 0.2) is 0 Å². The Morgan fingerprint density at radius 2 is 0.500 bits per heavy atom. The Morgan fingerprint density at radius 1 is 0.333 bits per heavy atom. The highest BCUT2D eigenvalue weighted by Gasteiger charge is 1.96. The summed E-state index contributed by atoms with van der Waals surface area (Å²) in [6.45, 7) is 0. The highest BCUT2D eigenvalue weighted by atomic mass is 32.3. The molecule has 0 aromatic carbocycles. The molecule has 72 valence electrons. The van der Waals surface area contributed by atoms with E-state index in [9.17, 15) is 0 Å². The van der Waals surface area contributed by atoms with Crippen molar-refractivity contribution in [3.8, 4) is 0 Å². The standard InChI is InChI=1S/C6H12S6/c1-7-2-9-4-11-6-12-5-10-3-8-1/h1-6H2. The molecule has 0 saturated carbocycles. The van der Waals surface area contributed by atoms with Crippen molar-refractivity contribution in [3.05, 3.63) is 0 Å². The van der Waals surface area contributed by atoms with Gasteiger partial charge in [-0.2, -0.15) is 0 Å². The van der Waals surface area contributed by atoms with Crippen LogP contribution < -0.4 is 0 Å². The molecule has 1 fully saturated rings. The zero-order chi connectivity index (χ0) is 8.49. The summed E-state index contributed by atoms with van der Waals surface area (Å²) in [5.41, 5.74) is 0. The minimum Gasteiger partial charge on any atom is -0.140 e. The first-order valence-corrected chi connectivity index (χ1v) is 10.4. The third kappa shape index (κ3) is 7.50. The zero-order valence-corrected chi connectivity index (χ0v) is 11.6. The van der Waals surface area contributed by atoms with Crippen LogP contribution in [0.5, 0.6) is 0 Å². The molecule has 0 aromatic rings. The van der Waals surface area contributed by atoms with E-state index in [4.69, 9.17) is 0 Å². The van der Waals surface area contributed by atoms with Crippen molar-refractivity contribution in [2.75, 3.05) is 30.5 Å². The lowest BCUT2D eigenvalue weighted by atomic mass is 11.8. The van der Waals surface area contributed by atoms with Gasteiger partial charge >= 0.3 is 0 Å². The fraction of sp³-hybridized carbons (Fsp3) is 1.00. The van der Waals surface area contributed by atoms with Crippen LogP contribution in [-0.2, 0) is 0 Å². The molecule has 0 nitrogen and oxygen atoms in total. The van der Waals surface area contributed by atoms with Crippen LogP contribution in [0.1, 0.15) is 0 Å². The van der Waals surface area contributed by atoms with Gasteiger partial charge in [-0.15, -0.1) is 70.6 Å². The second-order valence-corrected chi connectivity index (χ2v) is 10.0. The summed E-state index contributed by atoms with van der Waals surface area (Å²) >= 11 is 12.4. The molecule has 0 atom stereocenters. The molecule has 12 heavy (non-hydrogen) atoms. The lowest BCUT2D eigenvalue weighted by Gasteiger charge is -2.05. The van der Waals surface area contributed by atoms with Gasteiger partial charge in [0.1, 0.15) is 0 Å². The summed E-state index contributed by atoms with van der Waals surface area (Å²) < 4.78 is 0. The summed E-state index contributed by atoms with van der Waals surface area (Å²) in [6, 6.07) is 0. The summed E-state index contributed by atoms with van der Waals surface area (Å²) in [7, 11) is 0. The largest absolute Gasteiger partial charge is 0.140 e. The van der Waals surface area contributed by atoms with Crippen LogP contribution in [0.2, 0.25) is 0 Å². The molecule has 1 saturated heterocycles. The molecule has 0 bridgehead atoms. The Hall–Kier alpha value is 2.10. The first kappa shape index (κ1) is 12.2. The van der Waals surface area contributed by atoms with E-state index in [-0.39, 0.29) is 0 Å². The van der Waals surface area contributed by atoms with Crippen molar-refractivity contribution in [1.29, 1.82) is 0 Å². The molecule has 0 unspecified atom stereocenters. The van der Waals surface area contributed by atoms with Crippen molar-refractivity contribution >= 4 is 70.6 Å². The molecule has 1 rings (SSSR count). The van der Waals surface area contributed by atoms with Gasteiger partial charge in [-0.3, -0.25) is 0 Å². The van der Waals surface area contributed by atoms with E-state index in [0.29, 0.717) is 0 Å². The first-order chi connectivity index (χ1) is 6.00. The number of hydrogen-bond acceptors (Lipinski definition) is 6. The highest BCUT2D eigenvalue weighted by Crippen LogP contribution is 2.28. The van der Waals surface area contributed by atoms with Gasteiger partial charge in [-0.05, 0) is 0 Å². The summed E-state index contributed by atoms with van der Waals surface area (Å²) in [4.78, 5) is 0. The average molecular weight is 277 g/mol. The minimum atomic E-state index is 1.27. The van der Waals surface area contributed by atoms with E-state index >= 15 is 0 Å². The summed E-state index contributed by atoms with van der Waals surface area (Å²) in [5, 5.41) is 7.64. The Labute approximate surface area is 100 Å². The van der Waals surface area contributed by atoms with Crippen molar-refractivity contribution < 1.29 is 0 Å². The molecule has 0 aromatic heterocycles. The molecular formula is C6H12S6. The normalized spacial score (nSPS) is 24.0. The van der Waals surface area contributed by atoms with E-state index in [0.717, 1.165) is 0 Å². The molecule has 0 spiro atoms. The van der Waals surface area contributed by atoms with Gasteiger partial charge in [-0.25, -0.2) is 0 Å². The molecule has 0 radical (unpaired) electrons. The SMILES string of the molecule is C1SCSCSCSCSCS1. The summed E-state index contributed by atoms with van der Waals surface area (Å²) in [6.07, 6.45) is 0. The zero-order valence-electron chi connectivity index (χ0n) is 6.69. The predicted molar refractivity (Wildman–Crippen MR) is 74.7 cm³/mol. The Kier molecular flexibility index (Phi) is 9.78. The lowest BCUT2D eigenvalue weighted by Crippen LogP contribution is -1.82. The lowest BCUT2D eigenvalue weighted by molar-refractivity contribution is 2.04. The number of thioether (sulfide) groups is 6. The van der Waals surface area contributed by atoms with E-state index in [1.165, 1.54) is 30.5 Å². The van der Waals surface area contributed by atoms with Crippen LogP contribution in [0.4, 0.5) is 0 Å². The smallest absolute Gasteiger partial charge is 0.0408 e. The molecular weight excluding hydrogens is 264 g/mol. The second-order valence-electron chi connectivity index (χ2n) is 1.93. The monoisotopic (exact) mass is 276 g/mol. The molecule has 1 aliphatic heterocycles. The van der Waals surface area contributed by atoms with Crippen molar-refractivity contribution in [1.82, 2.24) is 0 Å². The predicted octanol–water partition coefficient (Wildman–Crippen LogP) is 4.14. The van der Waals surface area contributed by atoms with E-state index in [1.807, 2.05) is 0 Å². The van der Waals surface area contributed by atoms with Gasteiger partial charge in [0.25, 0.3) is 0 Å². The Morgan fingerprint density at radius 3 is 0.667 bits per heavy atom. The van der Waals surface area contributed by atoms with Gasteiger partial charge in [0.2, 0.25) is 0 Å². The number of rotatable bonds is 0. The van der Waals surface area contributed by atoms with E-state index in [1.54, 1.807) is 0 Å². The van der Waals surface area contributed by atoms with Gasteiger partial charge in [0, 0.05) is 30.5 Å². The highest BCUT2D eigenvalue weighted by molar-refractivity contribution is 8.32. The Balaban J connectivity index is 2.00. The second kappa shape index (κ2) is 9.65. The fourth-order valence-corrected chi connectivity index (χ4v) is 8.69. The summed E-state index contributed by atoms with van der Waals surface area (Å²) in [5.74, 6) is 0. The minimum absolute atomic E-state index is 1.27. The van der Waals surface area contributed by atoms with Crippen molar-refractivity contribution in [3.63, 3.8) is 0 Å². The van der Waals surface area contributed by atoms with Crippen LogP contribution in [0, 0.1) is 0 Å². The molecule has 0 N–H and O–H groups in total. The molecule has 6 heteroatoms. The van der Waals surface area contributed by atoms with Crippen LogP contribution in [0.25, 0.3) is 0 Å². The van der Waals surface area contributed by atoms with Crippen molar-refractivity contribution in [2.45, 2.75) is 0 Å². The molecule has 0 aliphatic carbocycles.